The van der Waals surface area contributed by atoms with E-state index < -0.39 is 0 Å². The van der Waals surface area contributed by atoms with Crippen LogP contribution in [0.25, 0.3) is 16.7 Å². The van der Waals surface area contributed by atoms with Crippen molar-refractivity contribution in [3.63, 3.8) is 0 Å². The number of halogens is 1. The highest BCUT2D eigenvalue weighted by Crippen LogP contribution is 2.34. The summed E-state index contributed by atoms with van der Waals surface area (Å²) in [5.41, 5.74) is 3.46. The van der Waals surface area contributed by atoms with Gasteiger partial charge in [-0.15, -0.1) is 12.4 Å². The lowest BCUT2D eigenvalue weighted by atomic mass is 9.99. The lowest BCUT2D eigenvalue weighted by Gasteiger charge is -2.19. The summed E-state index contributed by atoms with van der Waals surface area (Å²) in [6.45, 7) is 3.38. The number of hydrogen-bond donors (Lipinski definition) is 1. The van der Waals surface area contributed by atoms with Gasteiger partial charge in [-0.3, -0.25) is 14.3 Å². The second kappa shape index (κ2) is 8.34. The van der Waals surface area contributed by atoms with E-state index in [-0.39, 0.29) is 24.0 Å². The fraction of sp³-hybridized carbons (Fsp3) is 0.217. The lowest BCUT2D eigenvalue weighted by molar-refractivity contribution is 0.300. The van der Waals surface area contributed by atoms with Gasteiger partial charge in [0.1, 0.15) is 23.7 Å². The number of nitrogens with zero attached hydrogens (tertiary/aromatic N) is 2. The highest BCUT2D eigenvalue weighted by molar-refractivity contribution is 5.85. The molecular weight excluding hydrogens is 402 g/mol. The Balaban J connectivity index is 0.00000218. The molecule has 0 saturated heterocycles. The van der Waals surface area contributed by atoms with Crippen molar-refractivity contribution in [3.8, 4) is 11.4 Å². The minimum absolute atomic E-state index is 0. The van der Waals surface area contributed by atoms with E-state index in [1.165, 1.54) is 11.6 Å². The molecule has 0 fully saturated rings. The summed E-state index contributed by atoms with van der Waals surface area (Å²) in [5.74, 6) is 1.56. The van der Waals surface area contributed by atoms with Crippen molar-refractivity contribution in [2.24, 2.45) is 0 Å². The van der Waals surface area contributed by atoms with Crippen LogP contribution in [0.15, 0.2) is 70.1 Å². The van der Waals surface area contributed by atoms with E-state index in [4.69, 9.17) is 9.15 Å². The Morgan fingerprint density at radius 3 is 2.93 bits per heavy atom. The Bertz CT molecular complexity index is 1230. The van der Waals surface area contributed by atoms with E-state index in [1.54, 1.807) is 23.0 Å². The molecule has 6 nitrogen and oxygen atoms in total. The Morgan fingerprint density at radius 2 is 2.13 bits per heavy atom. The van der Waals surface area contributed by atoms with Crippen LogP contribution in [-0.4, -0.2) is 16.1 Å². The predicted octanol–water partition coefficient (Wildman–Crippen LogP) is 4.19. The van der Waals surface area contributed by atoms with Gasteiger partial charge in [-0.2, -0.15) is 0 Å². The molecule has 1 atom stereocenters. The van der Waals surface area contributed by atoms with Crippen LogP contribution in [0.2, 0.25) is 0 Å². The minimum atomic E-state index is -0.158. The molecule has 0 bridgehead atoms. The van der Waals surface area contributed by atoms with Crippen LogP contribution >= 0.6 is 12.4 Å². The van der Waals surface area contributed by atoms with Gasteiger partial charge in [0.25, 0.3) is 5.56 Å². The zero-order valence-electron chi connectivity index (χ0n) is 16.5. The van der Waals surface area contributed by atoms with Gasteiger partial charge in [0.15, 0.2) is 0 Å². The monoisotopic (exact) mass is 423 g/mol. The Hall–Kier alpha value is -3.09. The maximum absolute atomic E-state index is 12.7. The van der Waals surface area contributed by atoms with E-state index in [2.05, 4.69) is 17.2 Å². The first-order valence-electron chi connectivity index (χ1n) is 9.73. The summed E-state index contributed by atoms with van der Waals surface area (Å²) in [7, 11) is 0. The molecule has 1 aliphatic heterocycles. The standard InChI is InChI=1S/C23H21N3O3.ClH/c1-15-23-19-6-5-17(12-21(19)29-20(23)7-10-24-15)26-11-8-18(13-22(26)27)28-14-16-4-2-3-9-25-16;/h2-6,8-9,11-13,15,24H,7,10,14H2,1H3;1H. The zero-order valence-corrected chi connectivity index (χ0v) is 17.3. The number of benzene rings is 1. The summed E-state index contributed by atoms with van der Waals surface area (Å²) in [5, 5.41) is 4.57. The quantitative estimate of drug-likeness (QED) is 0.533. The molecule has 7 heteroatoms. The van der Waals surface area contributed by atoms with E-state index in [1.807, 2.05) is 36.4 Å². The molecule has 0 radical (unpaired) electrons. The zero-order chi connectivity index (χ0) is 19.8. The van der Waals surface area contributed by atoms with Gasteiger partial charge in [0.2, 0.25) is 0 Å². The molecule has 1 N–H and O–H groups in total. The number of nitrogens with one attached hydrogen (secondary N) is 1. The summed E-state index contributed by atoms with van der Waals surface area (Å²) >= 11 is 0. The van der Waals surface area contributed by atoms with Gasteiger partial charge in [-0.05, 0) is 37.3 Å². The third-order valence-electron chi connectivity index (χ3n) is 5.31. The summed E-state index contributed by atoms with van der Waals surface area (Å²) in [6, 6.07) is 15.1. The Morgan fingerprint density at radius 1 is 1.23 bits per heavy atom. The van der Waals surface area contributed by atoms with Gasteiger partial charge in [-0.1, -0.05) is 6.07 Å². The third kappa shape index (κ3) is 3.72. The molecule has 4 aromatic rings. The second-order valence-electron chi connectivity index (χ2n) is 7.23. The average molecular weight is 424 g/mol. The van der Waals surface area contributed by atoms with Gasteiger partial charge in [-0.25, -0.2) is 0 Å². The number of pyridine rings is 2. The third-order valence-corrected chi connectivity index (χ3v) is 5.31. The van der Waals surface area contributed by atoms with Crippen molar-refractivity contribution in [2.45, 2.75) is 26.0 Å². The topological polar surface area (TPSA) is 69.3 Å². The number of furan rings is 1. The van der Waals surface area contributed by atoms with Crippen molar-refractivity contribution in [3.05, 3.63) is 88.3 Å². The van der Waals surface area contributed by atoms with Gasteiger partial charge < -0.3 is 14.5 Å². The highest BCUT2D eigenvalue weighted by Gasteiger charge is 2.23. The molecule has 1 aromatic carbocycles. The van der Waals surface area contributed by atoms with Crippen LogP contribution < -0.4 is 15.6 Å². The Kier molecular flexibility index (Phi) is 5.61. The van der Waals surface area contributed by atoms with E-state index >= 15 is 0 Å². The number of hydrogen-bond acceptors (Lipinski definition) is 5. The van der Waals surface area contributed by atoms with Crippen molar-refractivity contribution in [2.75, 3.05) is 6.54 Å². The second-order valence-corrected chi connectivity index (χ2v) is 7.23. The van der Waals surface area contributed by atoms with Gasteiger partial charge >= 0.3 is 0 Å². The van der Waals surface area contributed by atoms with Crippen molar-refractivity contribution in [1.29, 1.82) is 0 Å². The molecule has 5 rings (SSSR count). The number of fused-ring (bicyclic) bond motifs is 3. The molecule has 30 heavy (non-hydrogen) atoms. The first-order chi connectivity index (χ1) is 14.2. The van der Waals surface area contributed by atoms with Crippen LogP contribution in [0.3, 0.4) is 0 Å². The van der Waals surface area contributed by atoms with Gasteiger partial charge in [0, 0.05) is 54.5 Å². The van der Waals surface area contributed by atoms with Crippen molar-refractivity contribution < 1.29 is 9.15 Å². The molecule has 0 aliphatic carbocycles. The SMILES string of the molecule is CC1NCCc2oc3cc(-n4ccc(OCc5ccccn5)cc4=O)ccc3c21.Cl. The number of aromatic nitrogens is 2. The molecule has 0 spiro atoms. The normalized spacial score (nSPS) is 15.4. The summed E-state index contributed by atoms with van der Waals surface area (Å²) in [4.78, 5) is 16.9. The van der Waals surface area contributed by atoms with Crippen molar-refractivity contribution in [1.82, 2.24) is 14.9 Å². The largest absolute Gasteiger partial charge is 0.487 e. The maximum atomic E-state index is 12.7. The van der Waals surface area contributed by atoms with Crippen LogP contribution in [0.1, 0.15) is 30.0 Å². The first kappa shape index (κ1) is 20.2. The molecule has 0 saturated carbocycles. The maximum Gasteiger partial charge on any atom is 0.258 e. The molecule has 1 aliphatic rings. The summed E-state index contributed by atoms with van der Waals surface area (Å²) < 4.78 is 13.4. The highest BCUT2D eigenvalue weighted by atomic mass is 35.5. The molecule has 3 aromatic heterocycles. The van der Waals surface area contributed by atoms with E-state index in [0.717, 1.165) is 41.1 Å². The fourth-order valence-electron chi connectivity index (χ4n) is 3.88. The smallest absolute Gasteiger partial charge is 0.258 e. The van der Waals surface area contributed by atoms with Crippen LogP contribution in [0.5, 0.6) is 5.75 Å². The predicted molar refractivity (Wildman–Crippen MR) is 118 cm³/mol. The van der Waals surface area contributed by atoms with Gasteiger partial charge in [0.05, 0.1) is 11.4 Å². The molecular formula is C23H22ClN3O3. The van der Waals surface area contributed by atoms with Crippen LogP contribution in [0, 0.1) is 0 Å². The Labute approximate surface area is 179 Å². The molecule has 154 valence electrons. The molecule has 0 amide bonds. The van der Waals surface area contributed by atoms with Crippen molar-refractivity contribution >= 4 is 23.4 Å². The van der Waals surface area contributed by atoms with E-state index in [0.29, 0.717) is 12.4 Å². The van der Waals surface area contributed by atoms with E-state index in [9.17, 15) is 4.79 Å². The number of rotatable bonds is 4. The first-order valence-corrected chi connectivity index (χ1v) is 9.73. The molecule has 4 heterocycles. The van der Waals surface area contributed by atoms with Crippen LogP contribution in [-0.2, 0) is 13.0 Å². The number of ether oxygens (including phenoxy) is 1. The fourth-order valence-corrected chi connectivity index (χ4v) is 3.88. The van der Waals surface area contributed by atoms with Crippen LogP contribution in [0.4, 0.5) is 0 Å². The molecule has 1 unspecified atom stereocenters. The summed E-state index contributed by atoms with van der Waals surface area (Å²) in [6.07, 6.45) is 4.33. The minimum Gasteiger partial charge on any atom is -0.487 e. The average Bonchev–Trinajstić information content (AvgIpc) is 3.12. The lowest BCUT2D eigenvalue weighted by Crippen LogP contribution is -2.26.